The molecule has 0 unspecified atom stereocenters. The number of aryl methyl sites for hydroxylation is 1. The molecule has 0 bridgehead atoms. The summed E-state index contributed by atoms with van der Waals surface area (Å²) in [4.78, 5) is 31.0. The van der Waals surface area contributed by atoms with E-state index in [1.165, 1.54) is 6.07 Å². The van der Waals surface area contributed by atoms with Crippen LogP contribution in [-0.4, -0.2) is 36.1 Å². The molecule has 1 aromatic heterocycles. The molecule has 1 amide bonds. The second-order valence-electron chi connectivity index (χ2n) is 6.72. The molecule has 146 valence electrons. The number of aromatic nitrogens is 2. The Balaban J connectivity index is 1.67. The van der Waals surface area contributed by atoms with Gasteiger partial charge in [-0.1, -0.05) is 30.3 Å². The number of fused-ring (bicyclic) bond motifs is 1. The molecular formula is C21H23FN4O2. The van der Waals surface area contributed by atoms with Gasteiger partial charge >= 0.3 is 0 Å². The van der Waals surface area contributed by atoms with Gasteiger partial charge in [0.15, 0.2) is 5.82 Å². The highest BCUT2D eigenvalue weighted by molar-refractivity contribution is 5.78. The number of hydrogen-bond acceptors (Lipinski definition) is 4. The summed E-state index contributed by atoms with van der Waals surface area (Å²) in [6, 6.07) is 13.9. The van der Waals surface area contributed by atoms with Crippen molar-refractivity contribution in [2.45, 2.75) is 19.4 Å². The molecule has 0 saturated carbocycles. The number of rotatable bonds is 7. The van der Waals surface area contributed by atoms with Crippen molar-refractivity contribution in [3.63, 3.8) is 0 Å². The molecule has 0 spiro atoms. The average Bonchev–Trinajstić information content (AvgIpc) is 2.68. The van der Waals surface area contributed by atoms with Crippen LogP contribution in [0.15, 0.2) is 53.3 Å². The van der Waals surface area contributed by atoms with E-state index in [0.717, 1.165) is 0 Å². The zero-order valence-electron chi connectivity index (χ0n) is 16.0. The Bertz CT molecular complexity index is 1050. The number of carbonyl (C=O) groups is 1. The summed E-state index contributed by atoms with van der Waals surface area (Å²) in [7, 11) is 3.52. The number of anilines is 1. The van der Waals surface area contributed by atoms with Gasteiger partial charge in [0.05, 0.1) is 11.0 Å². The molecule has 0 aliphatic rings. The molecule has 0 aliphatic carbocycles. The van der Waals surface area contributed by atoms with E-state index < -0.39 is 0 Å². The summed E-state index contributed by atoms with van der Waals surface area (Å²) < 4.78 is 15.2. The molecule has 0 atom stereocenters. The largest absolute Gasteiger partial charge is 0.358 e. The number of nitrogens with zero attached hydrogens (tertiary/aromatic N) is 3. The molecule has 0 saturated heterocycles. The molecule has 2 aromatic carbocycles. The van der Waals surface area contributed by atoms with Crippen molar-refractivity contribution >= 4 is 22.8 Å². The maximum Gasteiger partial charge on any atom is 0.293 e. The fourth-order valence-electron chi connectivity index (χ4n) is 3.03. The predicted octanol–water partition coefficient (Wildman–Crippen LogP) is 2.35. The molecular weight excluding hydrogens is 359 g/mol. The first-order valence-electron chi connectivity index (χ1n) is 9.14. The molecule has 1 heterocycles. The Morgan fingerprint density at radius 2 is 1.86 bits per heavy atom. The lowest BCUT2D eigenvalue weighted by molar-refractivity contribution is -0.121. The third-order valence-corrected chi connectivity index (χ3v) is 4.50. The minimum Gasteiger partial charge on any atom is -0.358 e. The van der Waals surface area contributed by atoms with Crippen LogP contribution >= 0.6 is 0 Å². The van der Waals surface area contributed by atoms with Crippen LogP contribution in [0, 0.1) is 5.82 Å². The summed E-state index contributed by atoms with van der Waals surface area (Å²) in [6.07, 6.45) is 0.569. The number of carbonyl (C=O) groups excluding carboxylic acids is 1. The number of benzene rings is 2. The highest BCUT2D eigenvalue weighted by Crippen LogP contribution is 2.13. The van der Waals surface area contributed by atoms with Gasteiger partial charge in [-0.15, -0.1) is 0 Å². The van der Waals surface area contributed by atoms with Gasteiger partial charge in [0, 0.05) is 33.6 Å². The number of halogens is 1. The SMILES string of the molecule is CN(C)c1nc2ccccc2n(CCC(=O)NCCc2ccccc2F)c1=O. The third-order valence-electron chi connectivity index (χ3n) is 4.50. The lowest BCUT2D eigenvalue weighted by atomic mass is 10.1. The monoisotopic (exact) mass is 382 g/mol. The summed E-state index contributed by atoms with van der Waals surface area (Å²) in [5.74, 6) is -0.128. The molecule has 3 aromatic rings. The van der Waals surface area contributed by atoms with Gasteiger partial charge in [0.1, 0.15) is 5.82 Å². The Labute approximate surface area is 162 Å². The summed E-state index contributed by atoms with van der Waals surface area (Å²) in [6.45, 7) is 0.586. The Kier molecular flexibility index (Phi) is 6.03. The lowest BCUT2D eigenvalue weighted by Gasteiger charge is -2.16. The van der Waals surface area contributed by atoms with Crippen molar-refractivity contribution in [1.29, 1.82) is 0 Å². The molecule has 7 heteroatoms. The van der Waals surface area contributed by atoms with E-state index in [4.69, 9.17) is 0 Å². The topological polar surface area (TPSA) is 67.2 Å². The van der Waals surface area contributed by atoms with Crippen molar-refractivity contribution in [3.05, 3.63) is 70.3 Å². The highest BCUT2D eigenvalue weighted by atomic mass is 19.1. The Morgan fingerprint density at radius 1 is 1.14 bits per heavy atom. The fraction of sp³-hybridized carbons (Fsp3) is 0.286. The van der Waals surface area contributed by atoms with Crippen molar-refractivity contribution in [1.82, 2.24) is 14.9 Å². The summed E-state index contributed by atoms with van der Waals surface area (Å²) >= 11 is 0. The zero-order chi connectivity index (χ0) is 20.1. The third kappa shape index (κ3) is 4.36. The Hall–Kier alpha value is -3.22. The summed E-state index contributed by atoms with van der Waals surface area (Å²) in [5, 5.41) is 2.79. The molecule has 3 rings (SSSR count). The minimum atomic E-state index is -0.275. The minimum absolute atomic E-state index is 0.151. The first kappa shape index (κ1) is 19.5. The maximum atomic E-state index is 13.6. The van der Waals surface area contributed by atoms with Crippen molar-refractivity contribution in [2.75, 3.05) is 25.5 Å². The molecule has 28 heavy (non-hydrogen) atoms. The molecule has 0 aliphatic heterocycles. The number of hydrogen-bond donors (Lipinski definition) is 1. The van der Waals surface area contributed by atoms with Crippen LogP contribution in [0.25, 0.3) is 11.0 Å². The zero-order valence-corrected chi connectivity index (χ0v) is 16.0. The van der Waals surface area contributed by atoms with E-state index in [0.29, 0.717) is 35.4 Å². The van der Waals surface area contributed by atoms with Gasteiger partial charge in [-0.25, -0.2) is 9.37 Å². The van der Waals surface area contributed by atoms with Crippen molar-refractivity contribution < 1.29 is 9.18 Å². The van der Waals surface area contributed by atoms with Crippen LogP contribution < -0.4 is 15.8 Å². The first-order chi connectivity index (χ1) is 13.5. The van der Waals surface area contributed by atoms with E-state index in [1.54, 1.807) is 41.8 Å². The van der Waals surface area contributed by atoms with Crippen LogP contribution in [0.4, 0.5) is 10.2 Å². The van der Waals surface area contributed by atoms with Gasteiger partial charge in [-0.2, -0.15) is 0 Å². The quantitative estimate of drug-likeness (QED) is 0.681. The van der Waals surface area contributed by atoms with E-state index in [9.17, 15) is 14.0 Å². The van der Waals surface area contributed by atoms with Gasteiger partial charge in [-0.05, 0) is 30.2 Å². The Morgan fingerprint density at radius 3 is 2.61 bits per heavy atom. The second-order valence-corrected chi connectivity index (χ2v) is 6.72. The van der Waals surface area contributed by atoms with Crippen molar-refractivity contribution in [3.8, 4) is 0 Å². The van der Waals surface area contributed by atoms with Crippen LogP contribution in [0.2, 0.25) is 0 Å². The van der Waals surface area contributed by atoms with E-state index >= 15 is 0 Å². The van der Waals surface area contributed by atoms with Crippen LogP contribution in [0.5, 0.6) is 0 Å². The molecule has 6 nitrogen and oxygen atoms in total. The van der Waals surface area contributed by atoms with E-state index in [-0.39, 0.29) is 30.2 Å². The number of amides is 1. The van der Waals surface area contributed by atoms with Gasteiger partial charge in [0.2, 0.25) is 5.91 Å². The molecule has 0 fully saturated rings. The second kappa shape index (κ2) is 8.65. The number of nitrogens with one attached hydrogen (secondary N) is 1. The standard InChI is InChI=1S/C21H23FN4O2/c1-25(2)20-21(28)26(18-10-6-5-9-17(18)24-20)14-12-19(27)23-13-11-15-7-3-4-8-16(15)22/h3-10H,11-14H2,1-2H3,(H,23,27). The van der Waals surface area contributed by atoms with Gasteiger partial charge in [-0.3, -0.25) is 9.59 Å². The number of para-hydroxylation sites is 2. The average molecular weight is 382 g/mol. The lowest BCUT2D eigenvalue weighted by Crippen LogP contribution is -2.32. The fourth-order valence-corrected chi connectivity index (χ4v) is 3.03. The molecule has 1 N–H and O–H groups in total. The van der Waals surface area contributed by atoms with Gasteiger partial charge in [0.25, 0.3) is 5.56 Å². The van der Waals surface area contributed by atoms with E-state index in [1.807, 2.05) is 24.3 Å². The van der Waals surface area contributed by atoms with Crippen LogP contribution in [-0.2, 0) is 17.8 Å². The maximum absolute atomic E-state index is 13.6. The van der Waals surface area contributed by atoms with E-state index in [2.05, 4.69) is 10.3 Å². The van der Waals surface area contributed by atoms with Gasteiger partial charge < -0.3 is 14.8 Å². The smallest absolute Gasteiger partial charge is 0.293 e. The highest BCUT2D eigenvalue weighted by Gasteiger charge is 2.13. The van der Waals surface area contributed by atoms with Crippen LogP contribution in [0.3, 0.4) is 0 Å². The van der Waals surface area contributed by atoms with Crippen molar-refractivity contribution in [2.24, 2.45) is 0 Å². The first-order valence-corrected chi connectivity index (χ1v) is 9.14. The summed E-state index contributed by atoms with van der Waals surface area (Å²) in [5.41, 5.74) is 1.72. The predicted molar refractivity (Wildman–Crippen MR) is 108 cm³/mol. The normalized spacial score (nSPS) is 10.8. The molecule has 0 radical (unpaired) electrons. The van der Waals surface area contributed by atoms with Crippen LogP contribution in [0.1, 0.15) is 12.0 Å².